The van der Waals surface area contributed by atoms with Crippen LogP contribution in [0.4, 0.5) is 0 Å². The predicted molar refractivity (Wildman–Crippen MR) is 101 cm³/mol. The number of amides is 3. The lowest BCUT2D eigenvalue weighted by Crippen LogP contribution is -2.47. The molecule has 27 heavy (non-hydrogen) atoms. The molecule has 0 spiro atoms. The Morgan fingerprint density at radius 1 is 1.04 bits per heavy atom. The van der Waals surface area contributed by atoms with Gasteiger partial charge in [0.2, 0.25) is 11.8 Å². The third kappa shape index (κ3) is 4.72. The van der Waals surface area contributed by atoms with Gasteiger partial charge in [0.25, 0.3) is 5.91 Å². The molecule has 0 aliphatic carbocycles. The fourth-order valence-corrected chi connectivity index (χ4v) is 3.45. The molecule has 2 rings (SSSR count). The van der Waals surface area contributed by atoms with Crippen molar-refractivity contribution in [2.24, 2.45) is 0 Å². The van der Waals surface area contributed by atoms with Crippen molar-refractivity contribution < 1.29 is 19.2 Å². The first-order valence-corrected chi connectivity index (χ1v) is 9.26. The molecule has 1 fully saturated rings. The number of carbonyl (C=O) groups is 4. The zero-order valence-electron chi connectivity index (χ0n) is 16.3. The van der Waals surface area contributed by atoms with Crippen LogP contribution in [0.3, 0.4) is 0 Å². The van der Waals surface area contributed by atoms with Crippen molar-refractivity contribution in [2.45, 2.75) is 46.2 Å². The highest BCUT2D eigenvalue weighted by Gasteiger charge is 2.41. The van der Waals surface area contributed by atoms with Crippen LogP contribution in [0.25, 0.3) is 0 Å². The lowest BCUT2D eigenvalue weighted by atomic mass is 10.1. The Hall–Kier alpha value is -2.70. The minimum Gasteiger partial charge on any atom is -0.352 e. The van der Waals surface area contributed by atoms with E-state index in [0.717, 1.165) is 0 Å². The molecule has 1 aromatic rings. The fraction of sp³-hybridized carbons (Fsp3) is 0.500. The van der Waals surface area contributed by atoms with Crippen molar-refractivity contribution in [2.75, 3.05) is 19.6 Å². The molecule has 1 N–H and O–H groups in total. The molecule has 3 amide bonds. The van der Waals surface area contributed by atoms with E-state index in [1.807, 2.05) is 13.8 Å². The van der Waals surface area contributed by atoms with Gasteiger partial charge < -0.3 is 15.1 Å². The Bertz CT molecular complexity index is 725. The monoisotopic (exact) mass is 373 g/mol. The van der Waals surface area contributed by atoms with Gasteiger partial charge in [-0.25, -0.2) is 0 Å². The lowest BCUT2D eigenvalue weighted by molar-refractivity contribution is -0.135. The number of likely N-dealkylation sites (tertiary alicyclic amines) is 1. The number of hydrogen-bond acceptors (Lipinski definition) is 4. The maximum Gasteiger partial charge on any atom is 0.254 e. The van der Waals surface area contributed by atoms with Gasteiger partial charge >= 0.3 is 0 Å². The van der Waals surface area contributed by atoms with E-state index in [4.69, 9.17) is 0 Å². The van der Waals surface area contributed by atoms with E-state index in [0.29, 0.717) is 30.6 Å². The molecule has 1 aromatic carbocycles. The maximum atomic E-state index is 13.0. The molecule has 0 saturated carbocycles. The van der Waals surface area contributed by atoms with Gasteiger partial charge in [-0.1, -0.05) is 12.1 Å². The Kier molecular flexibility index (Phi) is 6.71. The largest absolute Gasteiger partial charge is 0.352 e. The van der Waals surface area contributed by atoms with Crippen molar-refractivity contribution in [1.82, 2.24) is 15.1 Å². The Morgan fingerprint density at radius 3 is 2.07 bits per heavy atom. The van der Waals surface area contributed by atoms with Gasteiger partial charge in [-0.15, -0.1) is 0 Å². The zero-order chi connectivity index (χ0) is 20.1. The number of likely N-dealkylation sites (N-methyl/N-ethyl adjacent to an activating group) is 1. The number of nitrogens with zero attached hydrogens (tertiary/aromatic N) is 2. The molecular formula is C20H27N3O4. The summed E-state index contributed by atoms with van der Waals surface area (Å²) in [5.74, 6) is -0.644. The van der Waals surface area contributed by atoms with Crippen LogP contribution < -0.4 is 5.32 Å². The van der Waals surface area contributed by atoms with E-state index in [1.54, 1.807) is 29.2 Å². The molecule has 0 unspecified atom stereocenters. The molecule has 0 radical (unpaired) electrons. The number of rotatable bonds is 6. The third-order valence-corrected chi connectivity index (χ3v) is 4.87. The van der Waals surface area contributed by atoms with E-state index in [2.05, 4.69) is 5.32 Å². The lowest BCUT2D eigenvalue weighted by Gasteiger charge is -2.28. The summed E-state index contributed by atoms with van der Waals surface area (Å²) < 4.78 is 0. The van der Waals surface area contributed by atoms with E-state index in [-0.39, 0.29) is 36.1 Å². The number of Topliss-reactive ketones (excluding diaryl/α,β-unsaturated/α-hetero) is 1. The van der Waals surface area contributed by atoms with Crippen LogP contribution in [-0.4, -0.2) is 65.0 Å². The van der Waals surface area contributed by atoms with Crippen molar-refractivity contribution in [3.8, 4) is 0 Å². The van der Waals surface area contributed by atoms with Crippen molar-refractivity contribution in [3.63, 3.8) is 0 Å². The van der Waals surface area contributed by atoms with Gasteiger partial charge in [0, 0.05) is 43.7 Å². The standard InChI is InChI=1S/C20H27N3O4/c1-5-22(6-2)20(27)18-11-17(21-14(4)25)12-23(18)19(26)16-9-7-15(8-10-16)13(3)24/h7-10,17-18H,5-6,11-12H2,1-4H3,(H,21,25)/t17-,18+/m1/s1. The molecule has 1 saturated heterocycles. The number of carbonyl (C=O) groups excluding carboxylic acids is 4. The van der Waals surface area contributed by atoms with Gasteiger partial charge in [-0.05, 0) is 39.3 Å². The molecule has 1 heterocycles. The molecule has 0 aromatic heterocycles. The fourth-order valence-electron chi connectivity index (χ4n) is 3.45. The molecule has 2 atom stereocenters. The third-order valence-electron chi connectivity index (χ3n) is 4.87. The van der Waals surface area contributed by atoms with Gasteiger partial charge in [-0.2, -0.15) is 0 Å². The number of nitrogens with one attached hydrogen (secondary N) is 1. The summed E-state index contributed by atoms with van der Waals surface area (Å²) in [5, 5.41) is 2.81. The van der Waals surface area contributed by atoms with Gasteiger partial charge in [0.05, 0.1) is 0 Å². The second-order valence-electron chi connectivity index (χ2n) is 6.75. The van der Waals surface area contributed by atoms with E-state index < -0.39 is 6.04 Å². The second-order valence-corrected chi connectivity index (χ2v) is 6.75. The average molecular weight is 373 g/mol. The van der Waals surface area contributed by atoms with E-state index >= 15 is 0 Å². The molecule has 146 valence electrons. The predicted octanol–water partition coefficient (Wildman–Crippen LogP) is 1.48. The van der Waals surface area contributed by atoms with Gasteiger partial charge in [0.1, 0.15) is 6.04 Å². The topological polar surface area (TPSA) is 86.8 Å². The van der Waals surface area contributed by atoms with Crippen LogP contribution in [0.2, 0.25) is 0 Å². The highest BCUT2D eigenvalue weighted by molar-refractivity contribution is 6.00. The second kappa shape index (κ2) is 8.79. The molecule has 7 heteroatoms. The molecule has 7 nitrogen and oxygen atoms in total. The first-order chi connectivity index (χ1) is 12.8. The van der Waals surface area contributed by atoms with Crippen LogP contribution in [0, 0.1) is 0 Å². The minimum absolute atomic E-state index is 0.0736. The summed E-state index contributed by atoms with van der Waals surface area (Å²) in [7, 11) is 0. The first-order valence-electron chi connectivity index (χ1n) is 9.26. The number of benzene rings is 1. The highest BCUT2D eigenvalue weighted by atomic mass is 16.2. The summed E-state index contributed by atoms with van der Waals surface area (Å²) >= 11 is 0. The van der Waals surface area contributed by atoms with Crippen LogP contribution >= 0.6 is 0 Å². The summed E-state index contributed by atoms with van der Waals surface area (Å²) in [6, 6.07) is 5.55. The average Bonchev–Trinajstić information content (AvgIpc) is 3.05. The van der Waals surface area contributed by atoms with Crippen LogP contribution in [0.1, 0.15) is 54.8 Å². The Morgan fingerprint density at radius 2 is 1.59 bits per heavy atom. The Balaban J connectivity index is 2.27. The smallest absolute Gasteiger partial charge is 0.254 e. The Labute approximate surface area is 159 Å². The van der Waals surface area contributed by atoms with Crippen LogP contribution in [0.15, 0.2) is 24.3 Å². The number of hydrogen-bond donors (Lipinski definition) is 1. The van der Waals surface area contributed by atoms with Crippen molar-refractivity contribution in [1.29, 1.82) is 0 Å². The van der Waals surface area contributed by atoms with Crippen molar-refractivity contribution in [3.05, 3.63) is 35.4 Å². The summed E-state index contributed by atoms with van der Waals surface area (Å²) in [4.78, 5) is 52.0. The first kappa shape index (κ1) is 20.6. The summed E-state index contributed by atoms with van der Waals surface area (Å²) in [5.41, 5.74) is 0.945. The quantitative estimate of drug-likeness (QED) is 0.765. The maximum absolute atomic E-state index is 13.0. The van der Waals surface area contributed by atoms with Crippen molar-refractivity contribution >= 4 is 23.5 Å². The van der Waals surface area contributed by atoms with Gasteiger partial charge in [-0.3, -0.25) is 19.2 Å². The highest BCUT2D eigenvalue weighted by Crippen LogP contribution is 2.23. The summed E-state index contributed by atoms with van der Waals surface area (Å²) in [6.07, 6.45) is 0.395. The normalized spacial score (nSPS) is 18.9. The summed E-state index contributed by atoms with van der Waals surface area (Å²) in [6.45, 7) is 8.09. The van der Waals surface area contributed by atoms with Crippen LogP contribution in [0.5, 0.6) is 0 Å². The SMILES string of the molecule is CCN(CC)C(=O)[C@@H]1C[C@@H](NC(C)=O)CN1C(=O)c1ccc(C(C)=O)cc1. The van der Waals surface area contributed by atoms with Gasteiger partial charge in [0.15, 0.2) is 5.78 Å². The number of ketones is 1. The molecule has 0 bridgehead atoms. The molecular weight excluding hydrogens is 346 g/mol. The zero-order valence-corrected chi connectivity index (χ0v) is 16.3. The molecule has 1 aliphatic heterocycles. The van der Waals surface area contributed by atoms with Crippen LogP contribution in [-0.2, 0) is 9.59 Å². The van der Waals surface area contributed by atoms with E-state index in [1.165, 1.54) is 18.7 Å². The van der Waals surface area contributed by atoms with E-state index in [9.17, 15) is 19.2 Å². The minimum atomic E-state index is -0.610. The molecule has 1 aliphatic rings.